The lowest BCUT2D eigenvalue weighted by atomic mass is 10.0. The molecule has 150 valence electrons. The Morgan fingerprint density at radius 1 is 0.900 bits per heavy atom. The van der Waals surface area contributed by atoms with E-state index in [2.05, 4.69) is 5.32 Å². The van der Waals surface area contributed by atoms with Gasteiger partial charge in [0, 0.05) is 0 Å². The molecule has 1 unspecified atom stereocenters. The Balaban J connectivity index is 1.57. The molecule has 3 amide bonds. The minimum absolute atomic E-state index is 0.253. The van der Waals surface area contributed by atoms with Gasteiger partial charge in [-0.1, -0.05) is 66.4 Å². The number of rotatable bonds is 5. The van der Waals surface area contributed by atoms with Crippen molar-refractivity contribution in [3.05, 3.63) is 84.4 Å². The lowest BCUT2D eigenvalue weighted by molar-refractivity contribution is -0.118. The van der Waals surface area contributed by atoms with E-state index < -0.39 is 11.3 Å². The molecule has 0 radical (unpaired) electrons. The van der Waals surface area contributed by atoms with Crippen LogP contribution in [0.3, 0.4) is 0 Å². The highest BCUT2D eigenvalue weighted by atomic mass is 32.2. The van der Waals surface area contributed by atoms with Crippen LogP contribution in [-0.4, -0.2) is 27.6 Å². The molecular formula is C23H18N2O4S. The monoisotopic (exact) mass is 418 g/mol. The van der Waals surface area contributed by atoms with Crippen LogP contribution in [0.4, 0.5) is 21.0 Å². The molecule has 0 saturated carbocycles. The third-order valence-electron chi connectivity index (χ3n) is 4.79. The van der Waals surface area contributed by atoms with Gasteiger partial charge in [-0.3, -0.25) is 14.9 Å². The second kappa shape index (κ2) is 8.42. The summed E-state index contributed by atoms with van der Waals surface area (Å²) in [5.74, 6) is -0.253. The predicted molar refractivity (Wildman–Crippen MR) is 117 cm³/mol. The number of hydrogen-bond donors (Lipinski definition) is 2. The smallest absolute Gasteiger partial charge is 0.416 e. The minimum Gasteiger partial charge on any atom is -0.464 e. The highest BCUT2D eigenvalue weighted by Crippen LogP contribution is 2.30. The molecule has 0 bridgehead atoms. The van der Waals surface area contributed by atoms with Gasteiger partial charge in [0.2, 0.25) is 5.91 Å². The average Bonchev–Trinajstić information content (AvgIpc) is 3.06. The van der Waals surface area contributed by atoms with Crippen molar-refractivity contribution in [1.82, 2.24) is 5.32 Å². The number of carboxylic acid groups (broad SMARTS) is 1. The van der Waals surface area contributed by atoms with Crippen molar-refractivity contribution >= 4 is 40.4 Å². The average molecular weight is 418 g/mol. The Kier molecular flexibility index (Phi) is 5.54. The van der Waals surface area contributed by atoms with Crippen molar-refractivity contribution < 1.29 is 19.5 Å². The van der Waals surface area contributed by atoms with E-state index in [4.69, 9.17) is 0 Å². The van der Waals surface area contributed by atoms with Crippen molar-refractivity contribution in [3.63, 3.8) is 0 Å². The summed E-state index contributed by atoms with van der Waals surface area (Å²) in [4.78, 5) is 36.2. The summed E-state index contributed by atoms with van der Waals surface area (Å²) in [5, 5.41) is 11.3. The lowest BCUT2D eigenvalue weighted by Crippen LogP contribution is -2.25. The number of amides is 3. The maximum atomic E-state index is 11.9. The first-order valence-electron chi connectivity index (χ1n) is 9.30. The van der Waals surface area contributed by atoms with Crippen LogP contribution in [0.2, 0.25) is 0 Å². The number of imide groups is 1. The number of hydrogen-bond acceptors (Lipinski definition) is 4. The van der Waals surface area contributed by atoms with Gasteiger partial charge >= 0.3 is 6.09 Å². The van der Waals surface area contributed by atoms with E-state index in [1.165, 1.54) is 4.90 Å². The van der Waals surface area contributed by atoms with Gasteiger partial charge in [0.25, 0.3) is 5.24 Å². The second-order valence-corrected chi connectivity index (χ2v) is 7.96. The van der Waals surface area contributed by atoms with Gasteiger partial charge in [-0.25, -0.2) is 9.69 Å². The standard InChI is InChI=1S/C23H18N2O4S/c26-21-20(30-22(27)24-21)13-15-9-11-16(12-10-15)17-5-4-8-19(14-17)25(23(28)29)18-6-2-1-3-7-18/h1-12,14,20H,13H2,(H,28,29)(H,24,26,27). The molecule has 1 aliphatic rings. The molecule has 2 N–H and O–H groups in total. The van der Waals surface area contributed by atoms with E-state index in [9.17, 15) is 19.5 Å². The molecule has 6 nitrogen and oxygen atoms in total. The van der Waals surface area contributed by atoms with Gasteiger partial charge in [-0.15, -0.1) is 0 Å². The zero-order chi connectivity index (χ0) is 21.1. The molecule has 3 aromatic carbocycles. The van der Waals surface area contributed by atoms with E-state index in [1.54, 1.807) is 30.3 Å². The van der Waals surface area contributed by atoms with Crippen molar-refractivity contribution in [2.24, 2.45) is 0 Å². The normalized spacial score (nSPS) is 15.7. The number of para-hydroxylation sites is 1. The summed E-state index contributed by atoms with van der Waals surface area (Å²) in [6.45, 7) is 0. The maximum absolute atomic E-state index is 11.9. The molecule has 1 atom stereocenters. The molecule has 0 spiro atoms. The van der Waals surface area contributed by atoms with E-state index in [1.807, 2.05) is 48.5 Å². The fourth-order valence-corrected chi connectivity index (χ4v) is 4.21. The van der Waals surface area contributed by atoms with Crippen molar-refractivity contribution in [2.75, 3.05) is 4.90 Å². The maximum Gasteiger partial charge on any atom is 0.416 e. The number of thioether (sulfide) groups is 1. The Bertz CT molecular complexity index is 1100. The van der Waals surface area contributed by atoms with Crippen molar-refractivity contribution in [3.8, 4) is 11.1 Å². The Hall–Kier alpha value is -3.58. The molecule has 3 aromatic rings. The molecular weight excluding hydrogens is 400 g/mol. The molecule has 30 heavy (non-hydrogen) atoms. The molecule has 0 aliphatic carbocycles. The quantitative estimate of drug-likeness (QED) is 0.605. The molecule has 1 aliphatic heterocycles. The molecule has 1 heterocycles. The molecule has 4 rings (SSSR count). The van der Waals surface area contributed by atoms with Gasteiger partial charge in [-0.05, 0) is 47.4 Å². The van der Waals surface area contributed by atoms with Crippen LogP contribution in [0, 0.1) is 0 Å². The highest BCUT2D eigenvalue weighted by Gasteiger charge is 2.31. The summed E-state index contributed by atoms with van der Waals surface area (Å²) in [6.07, 6.45) is -0.584. The summed E-state index contributed by atoms with van der Waals surface area (Å²) in [5.41, 5.74) is 3.88. The second-order valence-electron chi connectivity index (χ2n) is 6.79. The van der Waals surface area contributed by atoms with Gasteiger partial charge in [0.05, 0.1) is 16.6 Å². The minimum atomic E-state index is -1.06. The fourth-order valence-electron chi connectivity index (χ4n) is 3.35. The summed E-state index contributed by atoms with van der Waals surface area (Å²) in [6, 6.07) is 24.0. The molecule has 1 saturated heterocycles. The number of anilines is 2. The van der Waals surface area contributed by atoms with Crippen LogP contribution < -0.4 is 10.2 Å². The summed E-state index contributed by atoms with van der Waals surface area (Å²) >= 11 is 1.01. The fraction of sp³-hybridized carbons (Fsp3) is 0.0870. The van der Waals surface area contributed by atoms with E-state index in [0.717, 1.165) is 28.5 Å². The lowest BCUT2D eigenvalue weighted by Gasteiger charge is -2.20. The first-order chi connectivity index (χ1) is 14.5. The molecule has 7 heteroatoms. The Labute approximate surface area is 177 Å². The third kappa shape index (κ3) is 4.21. The van der Waals surface area contributed by atoms with Gasteiger partial charge in [-0.2, -0.15) is 0 Å². The first-order valence-corrected chi connectivity index (χ1v) is 10.2. The number of carbonyl (C=O) groups excluding carboxylic acids is 2. The number of benzene rings is 3. The summed E-state index contributed by atoms with van der Waals surface area (Å²) in [7, 11) is 0. The largest absolute Gasteiger partial charge is 0.464 e. The highest BCUT2D eigenvalue weighted by molar-refractivity contribution is 8.15. The van der Waals surface area contributed by atoms with E-state index in [-0.39, 0.29) is 11.1 Å². The third-order valence-corrected chi connectivity index (χ3v) is 5.77. The Morgan fingerprint density at radius 2 is 1.60 bits per heavy atom. The zero-order valence-corrected chi connectivity index (χ0v) is 16.6. The zero-order valence-electron chi connectivity index (χ0n) is 15.8. The van der Waals surface area contributed by atoms with Crippen LogP contribution >= 0.6 is 11.8 Å². The predicted octanol–water partition coefficient (Wildman–Crippen LogP) is 5.06. The Morgan fingerprint density at radius 3 is 2.23 bits per heavy atom. The van der Waals surface area contributed by atoms with Crippen LogP contribution in [0.5, 0.6) is 0 Å². The number of nitrogens with zero attached hydrogens (tertiary/aromatic N) is 1. The molecule has 0 aromatic heterocycles. The van der Waals surface area contributed by atoms with E-state index in [0.29, 0.717) is 17.8 Å². The molecule has 1 fully saturated rings. The van der Waals surface area contributed by atoms with Crippen LogP contribution in [0.25, 0.3) is 11.1 Å². The van der Waals surface area contributed by atoms with Crippen molar-refractivity contribution in [2.45, 2.75) is 11.7 Å². The number of nitrogens with one attached hydrogen (secondary N) is 1. The van der Waals surface area contributed by atoms with Crippen LogP contribution in [0.1, 0.15) is 5.56 Å². The van der Waals surface area contributed by atoms with Crippen molar-refractivity contribution in [1.29, 1.82) is 0 Å². The topological polar surface area (TPSA) is 86.7 Å². The van der Waals surface area contributed by atoms with Gasteiger partial charge < -0.3 is 5.11 Å². The van der Waals surface area contributed by atoms with E-state index >= 15 is 0 Å². The first kappa shape index (κ1) is 19.7. The van der Waals surface area contributed by atoms with Gasteiger partial charge in [0.1, 0.15) is 0 Å². The summed E-state index contributed by atoms with van der Waals surface area (Å²) < 4.78 is 0. The van der Waals surface area contributed by atoms with Gasteiger partial charge in [0.15, 0.2) is 0 Å². The van der Waals surface area contributed by atoms with Crippen LogP contribution in [0.15, 0.2) is 78.9 Å². The number of carbonyl (C=O) groups is 3. The SMILES string of the molecule is O=C1NC(=O)C(Cc2ccc(-c3cccc(N(C(=O)O)c4ccccc4)c3)cc2)S1. The van der Waals surface area contributed by atoms with Crippen LogP contribution in [-0.2, 0) is 11.2 Å².